The minimum absolute atomic E-state index is 0.0273. The van der Waals surface area contributed by atoms with Gasteiger partial charge in [-0.1, -0.05) is 17.5 Å². The maximum atomic E-state index is 11.7. The molecular formula is C21H22ClN3O3. The molecule has 0 aliphatic carbocycles. The number of carbonyl (C=O) groups is 1. The summed E-state index contributed by atoms with van der Waals surface area (Å²) in [5.74, 6) is 4.07. The lowest BCUT2D eigenvalue weighted by molar-refractivity contribution is 0.0556. The Labute approximate surface area is 169 Å². The van der Waals surface area contributed by atoms with E-state index >= 15 is 0 Å². The molecule has 0 N–H and O–H groups in total. The van der Waals surface area contributed by atoms with Crippen LogP contribution in [0.5, 0.6) is 5.75 Å². The fourth-order valence-electron chi connectivity index (χ4n) is 3.15. The fourth-order valence-corrected chi connectivity index (χ4v) is 3.25. The van der Waals surface area contributed by atoms with E-state index in [9.17, 15) is 4.79 Å². The van der Waals surface area contributed by atoms with Gasteiger partial charge in [-0.05, 0) is 61.6 Å². The summed E-state index contributed by atoms with van der Waals surface area (Å²) in [4.78, 5) is 13.9. The summed E-state index contributed by atoms with van der Waals surface area (Å²) in [6.07, 6.45) is 8.25. The highest BCUT2D eigenvalue weighted by atomic mass is 35.5. The number of halogens is 1. The van der Waals surface area contributed by atoms with Crippen LogP contribution in [-0.4, -0.2) is 42.5 Å². The first-order chi connectivity index (χ1) is 13.7. The molecule has 6 nitrogen and oxygen atoms in total. The molecule has 1 aliphatic rings. The Kier molecular flexibility index (Phi) is 7.10. The number of ether oxygens (including phenoxy) is 2. The van der Waals surface area contributed by atoms with Gasteiger partial charge in [0.15, 0.2) is 17.6 Å². The molecule has 28 heavy (non-hydrogen) atoms. The molecule has 7 heteroatoms. The topological polar surface area (TPSA) is 64.6 Å². The van der Waals surface area contributed by atoms with Crippen molar-refractivity contribution in [3.8, 4) is 18.1 Å². The van der Waals surface area contributed by atoms with Crippen molar-refractivity contribution in [1.29, 1.82) is 0 Å². The number of hydrogen-bond donors (Lipinski definition) is 0. The van der Waals surface area contributed by atoms with E-state index < -0.39 is 5.97 Å². The van der Waals surface area contributed by atoms with E-state index in [1.54, 1.807) is 30.3 Å². The van der Waals surface area contributed by atoms with E-state index in [4.69, 9.17) is 27.5 Å². The molecule has 1 aromatic heterocycles. The zero-order valence-corrected chi connectivity index (χ0v) is 16.3. The number of esters is 1. The van der Waals surface area contributed by atoms with Gasteiger partial charge >= 0.3 is 5.97 Å². The molecule has 0 saturated carbocycles. The van der Waals surface area contributed by atoms with E-state index in [-0.39, 0.29) is 6.61 Å². The third-order valence-corrected chi connectivity index (χ3v) is 4.93. The predicted molar refractivity (Wildman–Crippen MR) is 108 cm³/mol. The Morgan fingerprint density at radius 3 is 2.57 bits per heavy atom. The smallest absolute Gasteiger partial charge is 0.339 e. The van der Waals surface area contributed by atoms with Crippen molar-refractivity contribution < 1.29 is 14.3 Å². The molecule has 0 amide bonds. The summed E-state index contributed by atoms with van der Waals surface area (Å²) in [5, 5.41) is 8.46. The van der Waals surface area contributed by atoms with Crippen LogP contribution in [0, 0.1) is 18.3 Å². The molecule has 1 fully saturated rings. The Morgan fingerprint density at radius 1 is 1.18 bits per heavy atom. The molecule has 2 heterocycles. The fraction of sp³-hybridized carbons (Fsp3) is 0.381. The third-order valence-electron chi connectivity index (χ3n) is 4.73. The number of benzene rings is 1. The first-order valence-corrected chi connectivity index (χ1v) is 9.61. The molecule has 1 aromatic carbocycles. The number of nitrogens with zero attached hydrogens (tertiary/aromatic N) is 3. The monoisotopic (exact) mass is 399 g/mol. The SMILES string of the molecule is C#CCOC(=O)c1ccc(OCCC2CCN(c3ccc(Cl)nn3)CC2)cc1. The molecule has 0 spiro atoms. The average Bonchev–Trinajstić information content (AvgIpc) is 2.73. The van der Waals surface area contributed by atoms with Gasteiger partial charge in [-0.15, -0.1) is 16.6 Å². The summed E-state index contributed by atoms with van der Waals surface area (Å²) < 4.78 is 10.7. The standard InChI is InChI=1S/C21H22ClN3O3/c1-2-14-28-21(26)17-3-5-18(6-4-17)27-15-11-16-9-12-25(13-10-16)20-8-7-19(22)23-24-20/h1,3-8,16H,9-15H2. The van der Waals surface area contributed by atoms with Crippen LogP contribution in [0.15, 0.2) is 36.4 Å². The third kappa shape index (κ3) is 5.61. The van der Waals surface area contributed by atoms with Gasteiger partial charge < -0.3 is 14.4 Å². The summed E-state index contributed by atoms with van der Waals surface area (Å²) in [5.41, 5.74) is 0.459. The maximum Gasteiger partial charge on any atom is 0.339 e. The van der Waals surface area contributed by atoms with Crippen LogP contribution >= 0.6 is 11.6 Å². The van der Waals surface area contributed by atoms with Crippen LogP contribution in [-0.2, 0) is 4.74 Å². The van der Waals surface area contributed by atoms with Crippen molar-refractivity contribution in [1.82, 2.24) is 10.2 Å². The second-order valence-electron chi connectivity index (χ2n) is 6.59. The molecule has 3 rings (SSSR count). The number of carbonyl (C=O) groups excluding carboxylic acids is 1. The zero-order chi connectivity index (χ0) is 19.8. The minimum atomic E-state index is -0.429. The maximum absolute atomic E-state index is 11.7. The van der Waals surface area contributed by atoms with Gasteiger partial charge in [-0.25, -0.2) is 4.79 Å². The van der Waals surface area contributed by atoms with E-state index in [1.165, 1.54) is 0 Å². The van der Waals surface area contributed by atoms with E-state index in [2.05, 4.69) is 21.0 Å². The van der Waals surface area contributed by atoms with Crippen molar-refractivity contribution in [3.63, 3.8) is 0 Å². The highest BCUT2D eigenvalue weighted by molar-refractivity contribution is 6.29. The summed E-state index contributed by atoms with van der Waals surface area (Å²) in [6.45, 7) is 2.53. The second kappa shape index (κ2) is 9.95. The van der Waals surface area contributed by atoms with Crippen LogP contribution in [0.1, 0.15) is 29.6 Å². The van der Waals surface area contributed by atoms with Crippen molar-refractivity contribution in [2.45, 2.75) is 19.3 Å². The summed E-state index contributed by atoms with van der Waals surface area (Å²) in [6, 6.07) is 10.6. The number of hydrogen-bond acceptors (Lipinski definition) is 6. The molecule has 1 aliphatic heterocycles. The van der Waals surface area contributed by atoms with Gasteiger partial charge in [-0.3, -0.25) is 0 Å². The summed E-state index contributed by atoms with van der Waals surface area (Å²) in [7, 11) is 0. The normalized spacial score (nSPS) is 14.4. The van der Waals surface area contributed by atoms with E-state index in [1.807, 2.05) is 6.07 Å². The second-order valence-corrected chi connectivity index (χ2v) is 6.97. The lowest BCUT2D eigenvalue weighted by Gasteiger charge is -2.32. The number of aromatic nitrogens is 2. The highest BCUT2D eigenvalue weighted by Crippen LogP contribution is 2.24. The van der Waals surface area contributed by atoms with Gasteiger partial charge in [0, 0.05) is 13.1 Å². The Bertz CT molecular complexity index is 810. The van der Waals surface area contributed by atoms with Gasteiger partial charge in [-0.2, -0.15) is 0 Å². The Hall–Kier alpha value is -2.78. The van der Waals surface area contributed by atoms with Crippen LogP contribution < -0.4 is 9.64 Å². The lowest BCUT2D eigenvalue weighted by Crippen LogP contribution is -2.34. The van der Waals surface area contributed by atoms with Crippen LogP contribution in [0.25, 0.3) is 0 Å². The molecule has 0 bridgehead atoms. The lowest BCUT2D eigenvalue weighted by atomic mass is 9.94. The van der Waals surface area contributed by atoms with E-state index in [0.717, 1.165) is 43.9 Å². The molecule has 146 valence electrons. The van der Waals surface area contributed by atoms with Gasteiger partial charge in [0.05, 0.1) is 12.2 Å². The Balaban J connectivity index is 1.38. The van der Waals surface area contributed by atoms with Crippen LogP contribution in [0.2, 0.25) is 5.15 Å². The quantitative estimate of drug-likeness (QED) is 0.523. The van der Waals surface area contributed by atoms with Crippen molar-refractivity contribution in [2.24, 2.45) is 5.92 Å². The zero-order valence-electron chi connectivity index (χ0n) is 15.5. The average molecular weight is 400 g/mol. The summed E-state index contributed by atoms with van der Waals surface area (Å²) >= 11 is 5.79. The highest BCUT2D eigenvalue weighted by Gasteiger charge is 2.20. The molecule has 0 radical (unpaired) electrons. The molecule has 0 atom stereocenters. The Morgan fingerprint density at radius 2 is 1.93 bits per heavy atom. The predicted octanol–water partition coefficient (Wildman–Crippen LogP) is 3.61. The number of anilines is 1. The van der Waals surface area contributed by atoms with Crippen molar-refractivity contribution in [3.05, 3.63) is 47.1 Å². The van der Waals surface area contributed by atoms with Crippen molar-refractivity contribution in [2.75, 3.05) is 31.2 Å². The number of rotatable bonds is 7. The van der Waals surface area contributed by atoms with Gasteiger partial charge in [0.25, 0.3) is 0 Å². The van der Waals surface area contributed by atoms with Crippen molar-refractivity contribution >= 4 is 23.4 Å². The van der Waals surface area contributed by atoms with Crippen LogP contribution in [0.3, 0.4) is 0 Å². The van der Waals surface area contributed by atoms with Gasteiger partial charge in [0.2, 0.25) is 0 Å². The van der Waals surface area contributed by atoms with E-state index in [0.29, 0.717) is 23.2 Å². The molecular weight excluding hydrogens is 378 g/mol. The minimum Gasteiger partial charge on any atom is -0.494 e. The molecule has 0 unspecified atom stereocenters. The first-order valence-electron chi connectivity index (χ1n) is 9.23. The molecule has 1 saturated heterocycles. The molecule has 2 aromatic rings. The number of terminal acetylenes is 1. The first kappa shape index (κ1) is 20.0. The van der Waals surface area contributed by atoms with Crippen LogP contribution in [0.4, 0.5) is 5.82 Å². The van der Waals surface area contributed by atoms with Gasteiger partial charge in [0.1, 0.15) is 5.75 Å². The largest absolute Gasteiger partial charge is 0.494 e. The number of piperidine rings is 1.